The molecule has 0 unspecified atom stereocenters. The van der Waals surface area contributed by atoms with Crippen LogP contribution in [0.5, 0.6) is 0 Å². The molecule has 17 heavy (non-hydrogen) atoms. The van der Waals surface area contributed by atoms with Crippen LogP contribution < -0.4 is 16.4 Å². The number of hydrogen-bond acceptors (Lipinski definition) is 3. The zero-order valence-electron chi connectivity index (χ0n) is 10.7. The molecule has 94 valence electrons. The van der Waals surface area contributed by atoms with Crippen molar-refractivity contribution in [3.05, 3.63) is 29.3 Å². The van der Waals surface area contributed by atoms with Crippen molar-refractivity contribution in [2.45, 2.75) is 32.2 Å². The fraction of sp³-hybridized carbons (Fsp3) is 0.571. The Morgan fingerprint density at radius 1 is 1.24 bits per heavy atom. The van der Waals surface area contributed by atoms with Crippen molar-refractivity contribution in [3.63, 3.8) is 0 Å². The van der Waals surface area contributed by atoms with Gasteiger partial charge in [0.05, 0.1) is 0 Å². The molecular weight excluding hydrogens is 210 g/mol. The Bertz CT molecular complexity index is 370. The summed E-state index contributed by atoms with van der Waals surface area (Å²) in [6.07, 6.45) is 3.98. The second-order valence-corrected chi connectivity index (χ2v) is 4.94. The summed E-state index contributed by atoms with van der Waals surface area (Å²) in [5, 5.41) is 0. The Balaban J connectivity index is 2.18. The molecule has 4 N–H and O–H groups in total. The van der Waals surface area contributed by atoms with Gasteiger partial charge in [-0.05, 0) is 43.4 Å². The summed E-state index contributed by atoms with van der Waals surface area (Å²) in [5.41, 5.74) is 15.4. The largest absolute Gasteiger partial charge is 0.371 e. The van der Waals surface area contributed by atoms with Gasteiger partial charge in [0.2, 0.25) is 0 Å². The van der Waals surface area contributed by atoms with E-state index in [-0.39, 0.29) is 6.04 Å². The molecule has 0 radical (unpaired) electrons. The van der Waals surface area contributed by atoms with Crippen LogP contribution in [0.3, 0.4) is 0 Å². The van der Waals surface area contributed by atoms with Gasteiger partial charge in [-0.3, -0.25) is 0 Å². The van der Waals surface area contributed by atoms with Crippen molar-refractivity contribution in [2.75, 3.05) is 24.5 Å². The maximum atomic E-state index is 5.95. The highest BCUT2D eigenvalue weighted by molar-refractivity contribution is 5.55. The van der Waals surface area contributed by atoms with E-state index in [2.05, 4.69) is 30.0 Å². The summed E-state index contributed by atoms with van der Waals surface area (Å²) in [5.74, 6) is 0. The highest BCUT2D eigenvalue weighted by Gasteiger charge is 2.14. The molecule has 1 saturated heterocycles. The standard InChI is InChI=1S/C14H23N3/c1-11-9-12(13(16)10-15)5-6-14(11)17-7-3-2-4-8-17/h5-6,9,13H,2-4,7-8,10,15-16H2,1H3/t13-/m0/s1. The highest BCUT2D eigenvalue weighted by Crippen LogP contribution is 2.25. The Morgan fingerprint density at radius 2 is 1.94 bits per heavy atom. The number of aryl methyl sites for hydroxylation is 1. The molecule has 1 aliphatic rings. The molecule has 3 nitrogen and oxygen atoms in total. The van der Waals surface area contributed by atoms with Crippen LogP contribution in [0.25, 0.3) is 0 Å². The zero-order chi connectivity index (χ0) is 12.3. The van der Waals surface area contributed by atoms with Crippen molar-refractivity contribution in [1.82, 2.24) is 0 Å². The lowest BCUT2D eigenvalue weighted by Gasteiger charge is -2.30. The first kappa shape index (κ1) is 12.4. The maximum absolute atomic E-state index is 5.95. The van der Waals surface area contributed by atoms with Gasteiger partial charge in [0.25, 0.3) is 0 Å². The van der Waals surface area contributed by atoms with Gasteiger partial charge < -0.3 is 16.4 Å². The van der Waals surface area contributed by atoms with Crippen LogP contribution in [-0.2, 0) is 0 Å². The first-order chi connectivity index (χ1) is 8.22. The van der Waals surface area contributed by atoms with Crippen molar-refractivity contribution >= 4 is 5.69 Å². The fourth-order valence-corrected chi connectivity index (χ4v) is 2.53. The number of rotatable bonds is 3. The lowest BCUT2D eigenvalue weighted by molar-refractivity contribution is 0.577. The normalized spacial score (nSPS) is 18.2. The molecule has 0 bridgehead atoms. The minimum absolute atomic E-state index is 0.0379. The third-order valence-electron chi connectivity index (χ3n) is 3.60. The van der Waals surface area contributed by atoms with E-state index < -0.39 is 0 Å². The molecule has 1 aliphatic heterocycles. The average Bonchev–Trinajstić information content (AvgIpc) is 2.38. The number of benzene rings is 1. The number of nitrogens with zero attached hydrogens (tertiary/aromatic N) is 1. The predicted molar refractivity (Wildman–Crippen MR) is 73.2 cm³/mol. The van der Waals surface area contributed by atoms with Gasteiger partial charge in [-0.25, -0.2) is 0 Å². The second kappa shape index (κ2) is 5.52. The lowest BCUT2D eigenvalue weighted by atomic mass is 10.0. The average molecular weight is 233 g/mol. The van der Waals surface area contributed by atoms with Gasteiger partial charge in [0.1, 0.15) is 0 Å². The van der Waals surface area contributed by atoms with E-state index in [0.717, 1.165) is 5.56 Å². The molecule has 0 amide bonds. The molecule has 1 aromatic rings. The molecule has 0 aliphatic carbocycles. The molecule has 1 atom stereocenters. The Hall–Kier alpha value is -1.06. The van der Waals surface area contributed by atoms with E-state index >= 15 is 0 Å². The predicted octanol–water partition coefficient (Wildman–Crippen LogP) is 1.94. The van der Waals surface area contributed by atoms with Gasteiger partial charge >= 0.3 is 0 Å². The first-order valence-corrected chi connectivity index (χ1v) is 6.53. The third-order valence-corrected chi connectivity index (χ3v) is 3.60. The quantitative estimate of drug-likeness (QED) is 0.839. The molecule has 0 aromatic heterocycles. The summed E-state index contributed by atoms with van der Waals surface area (Å²) in [6.45, 7) is 5.03. The number of hydrogen-bond donors (Lipinski definition) is 2. The Kier molecular flexibility index (Phi) is 4.02. The number of anilines is 1. The van der Waals surface area contributed by atoms with Gasteiger partial charge in [-0.15, -0.1) is 0 Å². The molecule has 2 rings (SSSR count). The minimum Gasteiger partial charge on any atom is -0.371 e. The Labute approximate surface area is 104 Å². The smallest absolute Gasteiger partial charge is 0.0419 e. The van der Waals surface area contributed by atoms with Crippen molar-refractivity contribution < 1.29 is 0 Å². The fourth-order valence-electron chi connectivity index (χ4n) is 2.53. The van der Waals surface area contributed by atoms with Gasteiger partial charge in [0, 0.05) is 31.4 Å². The zero-order valence-corrected chi connectivity index (χ0v) is 10.7. The molecule has 1 aromatic carbocycles. The third kappa shape index (κ3) is 2.79. The number of piperidine rings is 1. The summed E-state index contributed by atoms with van der Waals surface area (Å²) in [6, 6.07) is 6.46. The summed E-state index contributed by atoms with van der Waals surface area (Å²) in [7, 11) is 0. The monoisotopic (exact) mass is 233 g/mol. The summed E-state index contributed by atoms with van der Waals surface area (Å²) in [4.78, 5) is 2.48. The van der Waals surface area contributed by atoms with E-state index in [1.54, 1.807) is 0 Å². The lowest BCUT2D eigenvalue weighted by Crippen LogP contribution is -2.30. The molecule has 3 heteroatoms. The van der Waals surface area contributed by atoms with Gasteiger partial charge in [-0.1, -0.05) is 12.1 Å². The van der Waals surface area contributed by atoms with E-state index in [1.807, 2.05) is 0 Å². The number of nitrogens with two attached hydrogens (primary N) is 2. The minimum atomic E-state index is -0.0379. The Morgan fingerprint density at radius 3 is 2.53 bits per heavy atom. The second-order valence-electron chi connectivity index (χ2n) is 4.94. The SMILES string of the molecule is Cc1cc([C@@H](N)CN)ccc1N1CCCCC1. The van der Waals surface area contributed by atoms with Crippen LogP contribution in [0.2, 0.25) is 0 Å². The molecule has 1 heterocycles. The molecule has 0 spiro atoms. The van der Waals surface area contributed by atoms with E-state index in [9.17, 15) is 0 Å². The highest BCUT2D eigenvalue weighted by atomic mass is 15.1. The maximum Gasteiger partial charge on any atom is 0.0419 e. The summed E-state index contributed by atoms with van der Waals surface area (Å²) < 4.78 is 0. The van der Waals surface area contributed by atoms with Crippen molar-refractivity contribution in [3.8, 4) is 0 Å². The molecule has 1 fully saturated rings. The topological polar surface area (TPSA) is 55.3 Å². The molecular formula is C14H23N3. The van der Waals surface area contributed by atoms with E-state index in [0.29, 0.717) is 6.54 Å². The van der Waals surface area contributed by atoms with Crippen LogP contribution >= 0.6 is 0 Å². The van der Waals surface area contributed by atoms with Gasteiger partial charge in [0.15, 0.2) is 0 Å². The first-order valence-electron chi connectivity index (χ1n) is 6.53. The van der Waals surface area contributed by atoms with Crippen LogP contribution in [0.4, 0.5) is 5.69 Å². The van der Waals surface area contributed by atoms with Crippen molar-refractivity contribution in [1.29, 1.82) is 0 Å². The van der Waals surface area contributed by atoms with Crippen molar-refractivity contribution in [2.24, 2.45) is 11.5 Å². The van der Waals surface area contributed by atoms with Gasteiger partial charge in [-0.2, -0.15) is 0 Å². The van der Waals surface area contributed by atoms with Crippen LogP contribution in [-0.4, -0.2) is 19.6 Å². The van der Waals surface area contributed by atoms with E-state index in [4.69, 9.17) is 11.5 Å². The molecule has 0 saturated carbocycles. The van der Waals surface area contributed by atoms with E-state index in [1.165, 1.54) is 43.6 Å². The summed E-state index contributed by atoms with van der Waals surface area (Å²) >= 11 is 0. The van der Waals surface area contributed by atoms with Crippen LogP contribution in [0, 0.1) is 6.92 Å². The van der Waals surface area contributed by atoms with Crippen LogP contribution in [0.15, 0.2) is 18.2 Å². The van der Waals surface area contributed by atoms with Crippen LogP contribution in [0.1, 0.15) is 36.4 Å².